The molecule has 124 valence electrons. The summed E-state index contributed by atoms with van der Waals surface area (Å²) in [6.07, 6.45) is 3.31. The number of fused-ring (bicyclic) bond motifs is 2. The van der Waals surface area contributed by atoms with Crippen molar-refractivity contribution >= 4 is 33.3 Å². The van der Waals surface area contributed by atoms with E-state index in [2.05, 4.69) is 20.3 Å². The first-order chi connectivity index (χ1) is 12.3. The zero-order valence-electron chi connectivity index (χ0n) is 13.9. The van der Waals surface area contributed by atoms with Crippen LogP contribution >= 0.6 is 0 Å². The molecule has 0 unspecified atom stereocenters. The van der Waals surface area contributed by atoms with Crippen LogP contribution in [0.25, 0.3) is 21.8 Å². The van der Waals surface area contributed by atoms with Crippen molar-refractivity contribution in [2.45, 2.75) is 0 Å². The van der Waals surface area contributed by atoms with Crippen LogP contribution in [0, 0.1) is 0 Å². The number of hydrogen-bond acceptors (Lipinski definition) is 6. The van der Waals surface area contributed by atoms with Crippen molar-refractivity contribution < 1.29 is 9.47 Å². The fraction of sp³-hybridized carbons (Fsp3) is 0.105. The van der Waals surface area contributed by atoms with E-state index < -0.39 is 0 Å². The summed E-state index contributed by atoms with van der Waals surface area (Å²) in [6.45, 7) is 0. The molecule has 0 saturated heterocycles. The molecule has 6 nitrogen and oxygen atoms in total. The number of pyridine rings is 1. The Morgan fingerprint density at radius 1 is 0.800 bits per heavy atom. The van der Waals surface area contributed by atoms with Crippen molar-refractivity contribution in [2.75, 3.05) is 19.5 Å². The number of ether oxygens (including phenoxy) is 2. The Morgan fingerprint density at radius 3 is 2.48 bits per heavy atom. The number of benzene rings is 2. The molecular weight excluding hydrogens is 316 g/mol. The number of nitrogens with zero attached hydrogens (tertiary/aromatic N) is 3. The van der Waals surface area contributed by atoms with Crippen LogP contribution in [0.3, 0.4) is 0 Å². The van der Waals surface area contributed by atoms with Crippen LogP contribution < -0.4 is 14.8 Å². The van der Waals surface area contributed by atoms with Gasteiger partial charge in [0.2, 0.25) is 0 Å². The van der Waals surface area contributed by atoms with Gasteiger partial charge < -0.3 is 14.8 Å². The Hall–Kier alpha value is -3.41. The molecule has 0 spiro atoms. The molecule has 2 aromatic carbocycles. The second kappa shape index (κ2) is 6.24. The van der Waals surface area contributed by atoms with Gasteiger partial charge in [-0.3, -0.25) is 4.98 Å². The van der Waals surface area contributed by atoms with Crippen LogP contribution in [0.15, 0.2) is 55.0 Å². The molecule has 0 bridgehead atoms. The van der Waals surface area contributed by atoms with E-state index in [1.54, 1.807) is 20.4 Å². The monoisotopic (exact) mass is 332 g/mol. The van der Waals surface area contributed by atoms with E-state index in [1.807, 2.05) is 42.5 Å². The Labute approximate surface area is 144 Å². The van der Waals surface area contributed by atoms with Gasteiger partial charge in [-0.2, -0.15) is 0 Å². The topological polar surface area (TPSA) is 69.2 Å². The highest BCUT2D eigenvalue weighted by molar-refractivity contribution is 5.98. The summed E-state index contributed by atoms with van der Waals surface area (Å²) in [5.74, 6) is 1.96. The molecule has 0 aliphatic carbocycles. The largest absolute Gasteiger partial charge is 0.493 e. The second-order valence-electron chi connectivity index (χ2n) is 5.45. The molecular formula is C19H16N4O2. The lowest BCUT2D eigenvalue weighted by Gasteiger charge is -2.13. The fourth-order valence-electron chi connectivity index (χ4n) is 2.82. The molecule has 0 fully saturated rings. The minimum Gasteiger partial charge on any atom is -0.493 e. The highest BCUT2D eigenvalue weighted by atomic mass is 16.5. The highest BCUT2D eigenvalue weighted by Crippen LogP contribution is 2.35. The number of anilines is 2. The van der Waals surface area contributed by atoms with Gasteiger partial charge in [0, 0.05) is 28.7 Å². The third-order valence-electron chi connectivity index (χ3n) is 4.04. The quantitative estimate of drug-likeness (QED) is 0.610. The molecule has 0 radical (unpaired) electrons. The number of methoxy groups -OCH3 is 2. The van der Waals surface area contributed by atoms with E-state index in [0.717, 1.165) is 27.5 Å². The molecule has 4 rings (SSSR count). The normalized spacial score (nSPS) is 10.8. The van der Waals surface area contributed by atoms with Crippen LogP contribution in [0.4, 0.5) is 11.5 Å². The lowest BCUT2D eigenvalue weighted by atomic mass is 10.1. The molecule has 0 amide bonds. The first kappa shape index (κ1) is 15.1. The lowest BCUT2D eigenvalue weighted by Crippen LogP contribution is -1.98. The standard InChI is InChI=1S/C19H16N4O2/c1-24-17-9-13-16(10-18(17)25-2)21-11-22-19(13)23-15-7-3-6-14-12(15)5-4-8-20-14/h3-11H,1-2H3,(H,21,22,23). The van der Waals surface area contributed by atoms with E-state index in [0.29, 0.717) is 17.3 Å². The zero-order chi connectivity index (χ0) is 17.2. The van der Waals surface area contributed by atoms with Gasteiger partial charge in [0.1, 0.15) is 12.1 Å². The maximum Gasteiger partial charge on any atom is 0.162 e. The van der Waals surface area contributed by atoms with Crippen LogP contribution in [-0.2, 0) is 0 Å². The summed E-state index contributed by atoms with van der Waals surface area (Å²) in [6, 6.07) is 13.6. The molecule has 2 aromatic heterocycles. The molecule has 6 heteroatoms. The maximum absolute atomic E-state index is 5.40. The van der Waals surface area contributed by atoms with Crippen molar-refractivity contribution in [3.8, 4) is 11.5 Å². The van der Waals surface area contributed by atoms with Crippen molar-refractivity contribution in [3.05, 3.63) is 55.0 Å². The number of aromatic nitrogens is 3. The van der Waals surface area contributed by atoms with Gasteiger partial charge in [0.15, 0.2) is 11.5 Å². The summed E-state index contributed by atoms with van der Waals surface area (Å²) in [5.41, 5.74) is 2.62. The van der Waals surface area contributed by atoms with Gasteiger partial charge in [0.25, 0.3) is 0 Å². The number of hydrogen-bond donors (Lipinski definition) is 1. The van der Waals surface area contributed by atoms with E-state index in [1.165, 1.54) is 6.33 Å². The van der Waals surface area contributed by atoms with Gasteiger partial charge in [0.05, 0.1) is 25.3 Å². The molecule has 0 atom stereocenters. The fourth-order valence-corrected chi connectivity index (χ4v) is 2.82. The van der Waals surface area contributed by atoms with Gasteiger partial charge in [-0.15, -0.1) is 0 Å². The highest BCUT2D eigenvalue weighted by Gasteiger charge is 2.12. The summed E-state index contributed by atoms with van der Waals surface area (Å²) >= 11 is 0. The first-order valence-electron chi connectivity index (χ1n) is 7.77. The third-order valence-corrected chi connectivity index (χ3v) is 4.04. The summed E-state index contributed by atoms with van der Waals surface area (Å²) in [4.78, 5) is 13.1. The van der Waals surface area contributed by atoms with Crippen LogP contribution in [-0.4, -0.2) is 29.2 Å². The van der Waals surface area contributed by atoms with Crippen LogP contribution in [0.1, 0.15) is 0 Å². The average Bonchev–Trinajstić information content (AvgIpc) is 2.67. The SMILES string of the molecule is COc1cc2ncnc(Nc3cccc4ncccc34)c2cc1OC. The van der Waals surface area contributed by atoms with Crippen LogP contribution in [0.5, 0.6) is 11.5 Å². The van der Waals surface area contributed by atoms with E-state index in [9.17, 15) is 0 Å². The molecule has 4 aromatic rings. The zero-order valence-corrected chi connectivity index (χ0v) is 13.9. The van der Waals surface area contributed by atoms with Crippen molar-refractivity contribution in [1.82, 2.24) is 15.0 Å². The Balaban J connectivity index is 1.86. The smallest absolute Gasteiger partial charge is 0.162 e. The summed E-state index contributed by atoms with van der Waals surface area (Å²) < 4.78 is 10.7. The molecule has 2 heterocycles. The van der Waals surface area contributed by atoms with Gasteiger partial charge in [-0.25, -0.2) is 9.97 Å². The summed E-state index contributed by atoms with van der Waals surface area (Å²) in [7, 11) is 3.21. The predicted molar refractivity (Wildman–Crippen MR) is 97.7 cm³/mol. The van der Waals surface area contributed by atoms with E-state index in [-0.39, 0.29) is 0 Å². The van der Waals surface area contributed by atoms with Crippen LogP contribution in [0.2, 0.25) is 0 Å². The van der Waals surface area contributed by atoms with Gasteiger partial charge in [-0.1, -0.05) is 6.07 Å². The van der Waals surface area contributed by atoms with E-state index in [4.69, 9.17) is 9.47 Å². The minimum absolute atomic E-state index is 0.632. The van der Waals surface area contributed by atoms with Crippen molar-refractivity contribution in [1.29, 1.82) is 0 Å². The molecule has 25 heavy (non-hydrogen) atoms. The maximum atomic E-state index is 5.40. The molecule has 1 N–H and O–H groups in total. The Kier molecular flexibility index (Phi) is 3.78. The minimum atomic E-state index is 0.632. The Morgan fingerprint density at radius 2 is 1.64 bits per heavy atom. The number of rotatable bonds is 4. The van der Waals surface area contributed by atoms with Crippen molar-refractivity contribution in [2.24, 2.45) is 0 Å². The number of nitrogens with one attached hydrogen (secondary N) is 1. The predicted octanol–water partition coefficient (Wildman–Crippen LogP) is 3.94. The average molecular weight is 332 g/mol. The van der Waals surface area contributed by atoms with Crippen molar-refractivity contribution in [3.63, 3.8) is 0 Å². The summed E-state index contributed by atoms with van der Waals surface area (Å²) in [5, 5.41) is 5.26. The van der Waals surface area contributed by atoms with Gasteiger partial charge in [-0.05, 0) is 30.3 Å². The van der Waals surface area contributed by atoms with E-state index >= 15 is 0 Å². The molecule has 0 saturated carbocycles. The second-order valence-corrected chi connectivity index (χ2v) is 5.45. The Bertz CT molecular complexity index is 1060. The third kappa shape index (κ3) is 2.67. The van der Waals surface area contributed by atoms with Gasteiger partial charge >= 0.3 is 0 Å². The lowest BCUT2D eigenvalue weighted by molar-refractivity contribution is 0.356. The molecule has 0 aliphatic heterocycles. The molecule has 0 aliphatic rings. The first-order valence-corrected chi connectivity index (χ1v) is 7.77.